The average molecular weight is 366 g/mol. The summed E-state index contributed by atoms with van der Waals surface area (Å²) in [5.41, 5.74) is 3.89. The van der Waals surface area contributed by atoms with E-state index in [2.05, 4.69) is 85.8 Å². The maximum atomic E-state index is 5.85. The Morgan fingerprint density at radius 2 is 1.74 bits per heavy atom. The first kappa shape index (κ1) is 14.4. The third kappa shape index (κ3) is 3.96. The van der Waals surface area contributed by atoms with Crippen LogP contribution in [0.2, 0.25) is 0 Å². The fraction of sp³-hybridized carbons (Fsp3) is 0.294. The van der Waals surface area contributed by atoms with Gasteiger partial charge in [-0.15, -0.1) is 0 Å². The Labute approximate surface area is 129 Å². The van der Waals surface area contributed by atoms with E-state index in [9.17, 15) is 0 Å². The van der Waals surface area contributed by atoms with Crippen molar-refractivity contribution in [2.75, 3.05) is 0 Å². The topological polar surface area (TPSA) is 9.23 Å². The Bertz CT molecular complexity index is 544. The Morgan fingerprint density at radius 1 is 1.05 bits per heavy atom. The molecule has 0 fully saturated rings. The van der Waals surface area contributed by atoms with Crippen LogP contribution >= 0.6 is 22.6 Å². The highest BCUT2D eigenvalue weighted by Gasteiger charge is 2.04. The summed E-state index contributed by atoms with van der Waals surface area (Å²) in [5.74, 6) is 1.51. The number of hydrogen-bond acceptors (Lipinski definition) is 1. The van der Waals surface area contributed by atoms with E-state index in [1.165, 1.54) is 20.3 Å². The maximum absolute atomic E-state index is 5.85. The Kier molecular flexibility index (Phi) is 4.86. The first-order chi connectivity index (χ1) is 9.06. The van der Waals surface area contributed by atoms with Crippen LogP contribution in [0, 0.1) is 10.5 Å². The van der Waals surface area contributed by atoms with Crippen LogP contribution in [0.1, 0.15) is 36.5 Å². The van der Waals surface area contributed by atoms with E-state index in [1.54, 1.807) is 0 Å². The van der Waals surface area contributed by atoms with Crippen LogP contribution in [-0.4, -0.2) is 0 Å². The van der Waals surface area contributed by atoms with Gasteiger partial charge in [0.15, 0.2) is 0 Å². The third-order valence-electron chi connectivity index (χ3n) is 3.18. The van der Waals surface area contributed by atoms with Crippen LogP contribution in [0.3, 0.4) is 0 Å². The molecule has 100 valence electrons. The Balaban J connectivity index is 2.04. The quantitative estimate of drug-likeness (QED) is 0.667. The van der Waals surface area contributed by atoms with Gasteiger partial charge in [0.05, 0.1) is 0 Å². The molecule has 0 saturated carbocycles. The molecular weight excluding hydrogens is 347 g/mol. The minimum Gasteiger partial charge on any atom is -0.489 e. The van der Waals surface area contributed by atoms with Gasteiger partial charge in [0, 0.05) is 3.57 Å². The summed E-state index contributed by atoms with van der Waals surface area (Å²) in [5, 5.41) is 0. The molecule has 0 radical (unpaired) electrons. The van der Waals surface area contributed by atoms with Crippen LogP contribution in [0.15, 0.2) is 42.5 Å². The van der Waals surface area contributed by atoms with E-state index in [4.69, 9.17) is 4.74 Å². The molecule has 0 unspecified atom stereocenters. The lowest BCUT2D eigenvalue weighted by atomic mass is 9.98. The maximum Gasteiger partial charge on any atom is 0.120 e. The molecule has 2 aromatic carbocycles. The second-order valence-electron chi connectivity index (χ2n) is 5.09. The molecule has 0 aliphatic carbocycles. The van der Waals surface area contributed by atoms with Crippen molar-refractivity contribution in [1.29, 1.82) is 0 Å². The number of ether oxygens (including phenoxy) is 1. The van der Waals surface area contributed by atoms with Gasteiger partial charge in [0.2, 0.25) is 0 Å². The summed E-state index contributed by atoms with van der Waals surface area (Å²) in [6, 6.07) is 14.8. The first-order valence-corrected chi connectivity index (χ1v) is 7.62. The molecule has 0 saturated heterocycles. The molecule has 0 heterocycles. The van der Waals surface area contributed by atoms with E-state index in [0.717, 1.165) is 5.75 Å². The van der Waals surface area contributed by atoms with Gasteiger partial charge < -0.3 is 4.74 Å². The smallest absolute Gasteiger partial charge is 0.120 e. The predicted molar refractivity (Wildman–Crippen MR) is 88.8 cm³/mol. The van der Waals surface area contributed by atoms with Gasteiger partial charge in [-0.3, -0.25) is 0 Å². The fourth-order valence-corrected chi connectivity index (χ4v) is 2.49. The molecule has 2 rings (SSSR count). The van der Waals surface area contributed by atoms with E-state index in [0.29, 0.717) is 12.5 Å². The van der Waals surface area contributed by atoms with Gasteiger partial charge in [-0.05, 0) is 76.4 Å². The van der Waals surface area contributed by atoms with Crippen LogP contribution in [-0.2, 0) is 6.61 Å². The number of hydrogen-bond donors (Lipinski definition) is 0. The lowest BCUT2D eigenvalue weighted by molar-refractivity contribution is 0.306. The molecule has 0 amide bonds. The molecule has 0 aliphatic rings. The molecule has 0 spiro atoms. The standard InChI is InChI=1S/C17H19IO/c1-12(2)17-9-8-16(10-13(17)3)19-11-14-4-6-15(18)7-5-14/h4-10,12H,11H2,1-3H3. The first-order valence-electron chi connectivity index (χ1n) is 6.54. The van der Waals surface area contributed by atoms with Gasteiger partial charge in [-0.2, -0.15) is 0 Å². The molecule has 2 heteroatoms. The van der Waals surface area contributed by atoms with Crippen LogP contribution in [0.4, 0.5) is 0 Å². The van der Waals surface area contributed by atoms with Crippen molar-refractivity contribution in [2.45, 2.75) is 33.3 Å². The zero-order valence-electron chi connectivity index (χ0n) is 11.6. The minimum atomic E-state index is 0.560. The second kappa shape index (κ2) is 6.42. The number of rotatable bonds is 4. The fourth-order valence-electron chi connectivity index (χ4n) is 2.13. The molecule has 0 aromatic heterocycles. The zero-order chi connectivity index (χ0) is 13.8. The predicted octanol–water partition coefficient (Wildman–Crippen LogP) is 5.30. The normalized spacial score (nSPS) is 10.8. The summed E-state index contributed by atoms with van der Waals surface area (Å²) >= 11 is 2.31. The molecular formula is C17H19IO. The van der Waals surface area contributed by atoms with E-state index >= 15 is 0 Å². The van der Waals surface area contributed by atoms with E-state index in [1.807, 2.05) is 0 Å². The summed E-state index contributed by atoms with van der Waals surface area (Å²) in [7, 11) is 0. The number of benzene rings is 2. The molecule has 0 N–H and O–H groups in total. The lowest BCUT2D eigenvalue weighted by Gasteiger charge is -2.12. The number of aryl methyl sites for hydroxylation is 1. The van der Waals surface area contributed by atoms with Gasteiger partial charge in [0.25, 0.3) is 0 Å². The molecule has 2 aromatic rings. The summed E-state index contributed by atoms with van der Waals surface area (Å²) < 4.78 is 7.09. The van der Waals surface area contributed by atoms with Crippen LogP contribution in [0.5, 0.6) is 5.75 Å². The van der Waals surface area contributed by atoms with Gasteiger partial charge >= 0.3 is 0 Å². The highest BCUT2D eigenvalue weighted by molar-refractivity contribution is 14.1. The highest BCUT2D eigenvalue weighted by Crippen LogP contribution is 2.24. The summed E-state index contributed by atoms with van der Waals surface area (Å²) in [6.45, 7) is 7.20. The Morgan fingerprint density at radius 3 is 2.32 bits per heavy atom. The third-order valence-corrected chi connectivity index (χ3v) is 3.90. The summed E-state index contributed by atoms with van der Waals surface area (Å²) in [4.78, 5) is 0. The molecule has 0 bridgehead atoms. The number of halogens is 1. The summed E-state index contributed by atoms with van der Waals surface area (Å²) in [6.07, 6.45) is 0. The average Bonchev–Trinajstić information content (AvgIpc) is 2.37. The highest BCUT2D eigenvalue weighted by atomic mass is 127. The van der Waals surface area contributed by atoms with Crippen molar-refractivity contribution in [1.82, 2.24) is 0 Å². The second-order valence-corrected chi connectivity index (χ2v) is 6.33. The largest absolute Gasteiger partial charge is 0.489 e. The minimum absolute atomic E-state index is 0.560. The van der Waals surface area contributed by atoms with Crippen molar-refractivity contribution >= 4 is 22.6 Å². The van der Waals surface area contributed by atoms with Gasteiger partial charge in [-0.25, -0.2) is 0 Å². The van der Waals surface area contributed by atoms with Crippen molar-refractivity contribution in [2.24, 2.45) is 0 Å². The SMILES string of the molecule is Cc1cc(OCc2ccc(I)cc2)ccc1C(C)C. The molecule has 0 atom stereocenters. The van der Waals surface area contributed by atoms with Crippen LogP contribution in [0.25, 0.3) is 0 Å². The Hall–Kier alpha value is -1.03. The molecule has 19 heavy (non-hydrogen) atoms. The van der Waals surface area contributed by atoms with Gasteiger partial charge in [-0.1, -0.05) is 32.0 Å². The zero-order valence-corrected chi connectivity index (χ0v) is 13.8. The monoisotopic (exact) mass is 366 g/mol. The van der Waals surface area contributed by atoms with Crippen LogP contribution < -0.4 is 4.74 Å². The van der Waals surface area contributed by atoms with Crippen molar-refractivity contribution < 1.29 is 4.74 Å². The molecule has 1 nitrogen and oxygen atoms in total. The van der Waals surface area contributed by atoms with E-state index in [-0.39, 0.29) is 0 Å². The molecule has 0 aliphatic heterocycles. The van der Waals surface area contributed by atoms with Crippen molar-refractivity contribution in [3.8, 4) is 5.75 Å². The lowest BCUT2D eigenvalue weighted by Crippen LogP contribution is -1.97. The van der Waals surface area contributed by atoms with Crippen molar-refractivity contribution in [3.05, 3.63) is 62.7 Å². The van der Waals surface area contributed by atoms with E-state index < -0.39 is 0 Å². The van der Waals surface area contributed by atoms with Crippen molar-refractivity contribution in [3.63, 3.8) is 0 Å². The van der Waals surface area contributed by atoms with Gasteiger partial charge in [0.1, 0.15) is 12.4 Å².